The summed E-state index contributed by atoms with van der Waals surface area (Å²) in [5.41, 5.74) is 0. The van der Waals surface area contributed by atoms with E-state index >= 15 is 0 Å². The first-order valence-corrected chi connectivity index (χ1v) is 5.60. The Balaban J connectivity index is 2.39. The van der Waals surface area contributed by atoms with Crippen LogP contribution < -0.4 is 0 Å². The average molecular weight is 227 g/mol. The number of allylic oxidation sites excluding steroid dienone is 1. The number of hydrogen-bond acceptors (Lipinski definition) is 2. The van der Waals surface area contributed by atoms with Gasteiger partial charge < -0.3 is 0 Å². The molecule has 1 aromatic carbocycles. The standard InChI is InChI=1S/C11H11ClOS/c1-9(13)3-2-8-14-11-6-4-10(12)5-7-11/h2-7H,8H2,1H3. The maximum absolute atomic E-state index is 10.6. The van der Waals surface area contributed by atoms with Gasteiger partial charge in [-0.3, -0.25) is 4.79 Å². The van der Waals surface area contributed by atoms with E-state index in [9.17, 15) is 4.79 Å². The minimum atomic E-state index is 0.0849. The first kappa shape index (κ1) is 11.3. The SMILES string of the molecule is CC(=O)C=CCSc1ccc(Cl)cc1. The highest BCUT2D eigenvalue weighted by Crippen LogP contribution is 2.20. The number of rotatable bonds is 4. The van der Waals surface area contributed by atoms with Gasteiger partial charge in [0.15, 0.2) is 5.78 Å². The lowest BCUT2D eigenvalue weighted by Crippen LogP contribution is -1.81. The zero-order valence-corrected chi connectivity index (χ0v) is 9.44. The lowest BCUT2D eigenvalue weighted by Gasteiger charge is -1.97. The van der Waals surface area contributed by atoms with E-state index in [0.29, 0.717) is 0 Å². The molecule has 0 aliphatic heterocycles. The van der Waals surface area contributed by atoms with Crippen molar-refractivity contribution in [2.75, 3.05) is 5.75 Å². The first-order valence-electron chi connectivity index (χ1n) is 4.24. The summed E-state index contributed by atoms with van der Waals surface area (Å²) < 4.78 is 0. The van der Waals surface area contributed by atoms with E-state index < -0.39 is 0 Å². The van der Waals surface area contributed by atoms with Gasteiger partial charge in [0.2, 0.25) is 0 Å². The fourth-order valence-electron chi connectivity index (χ4n) is 0.889. The second-order valence-corrected chi connectivity index (χ2v) is 4.31. The molecular formula is C11H11ClOS. The molecular weight excluding hydrogens is 216 g/mol. The summed E-state index contributed by atoms with van der Waals surface area (Å²) in [6.45, 7) is 1.55. The highest BCUT2D eigenvalue weighted by Gasteiger charge is 1.91. The van der Waals surface area contributed by atoms with Gasteiger partial charge >= 0.3 is 0 Å². The summed E-state index contributed by atoms with van der Waals surface area (Å²) in [5, 5.41) is 0.744. The topological polar surface area (TPSA) is 17.1 Å². The Morgan fingerprint density at radius 3 is 2.64 bits per heavy atom. The molecule has 14 heavy (non-hydrogen) atoms. The van der Waals surface area contributed by atoms with Gasteiger partial charge in [-0.25, -0.2) is 0 Å². The highest BCUT2D eigenvalue weighted by molar-refractivity contribution is 7.99. The summed E-state index contributed by atoms with van der Waals surface area (Å²) in [7, 11) is 0. The molecule has 1 aromatic rings. The van der Waals surface area contributed by atoms with E-state index in [-0.39, 0.29) is 5.78 Å². The van der Waals surface area contributed by atoms with Gasteiger partial charge in [-0.2, -0.15) is 0 Å². The van der Waals surface area contributed by atoms with Crippen LogP contribution in [0.4, 0.5) is 0 Å². The van der Waals surface area contributed by atoms with Crippen LogP contribution in [0.5, 0.6) is 0 Å². The van der Waals surface area contributed by atoms with Crippen LogP contribution >= 0.6 is 23.4 Å². The molecule has 0 fully saturated rings. The summed E-state index contributed by atoms with van der Waals surface area (Å²) in [4.78, 5) is 11.7. The maximum Gasteiger partial charge on any atom is 0.152 e. The molecule has 3 heteroatoms. The minimum Gasteiger partial charge on any atom is -0.295 e. The largest absolute Gasteiger partial charge is 0.295 e. The Morgan fingerprint density at radius 2 is 2.07 bits per heavy atom. The average Bonchev–Trinajstić information content (AvgIpc) is 2.15. The zero-order valence-electron chi connectivity index (χ0n) is 7.87. The fraction of sp³-hybridized carbons (Fsp3) is 0.182. The van der Waals surface area contributed by atoms with Gasteiger partial charge in [0.05, 0.1) is 0 Å². The van der Waals surface area contributed by atoms with Crippen LogP contribution in [0.2, 0.25) is 5.02 Å². The van der Waals surface area contributed by atoms with Crippen molar-refractivity contribution in [3.63, 3.8) is 0 Å². The molecule has 0 amide bonds. The predicted octanol–water partition coefficient (Wildman–Crippen LogP) is 3.58. The number of carbonyl (C=O) groups excluding carboxylic acids is 1. The van der Waals surface area contributed by atoms with Crippen LogP contribution in [-0.2, 0) is 4.79 Å². The molecule has 0 atom stereocenters. The van der Waals surface area contributed by atoms with E-state index in [0.717, 1.165) is 15.7 Å². The smallest absolute Gasteiger partial charge is 0.152 e. The van der Waals surface area contributed by atoms with E-state index in [1.54, 1.807) is 24.8 Å². The molecule has 0 saturated heterocycles. The Bertz CT molecular complexity index is 330. The monoisotopic (exact) mass is 226 g/mol. The summed E-state index contributed by atoms with van der Waals surface area (Å²) in [6.07, 6.45) is 3.45. The van der Waals surface area contributed by atoms with Crippen LogP contribution in [0, 0.1) is 0 Å². The van der Waals surface area contributed by atoms with Crippen LogP contribution in [-0.4, -0.2) is 11.5 Å². The zero-order chi connectivity index (χ0) is 10.4. The van der Waals surface area contributed by atoms with E-state index in [2.05, 4.69) is 0 Å². The van der Waals surface area contributed by atoms with Crippen molar-refractivity contribution in [1.29, 1.82) is 0 Å². The van der Waals surface area contributed by atoms with Crippen LogP contribution in [0.1, 0.15) is 6.92 Å². The summed E-state index contributed by atoms with van der Waals surface area (Å²) in [6, 6.07) is 7.65. The second-order valence-electron chi connectivity index (χ2n) is 2.78. The van der Waals surface area contributed by atoms with Gasteiger partial charge in [0.1, 0.15) is 0 Å². The van der Waals surface area contributed by atoms with Gasteiger partial charge in [0, 0.05) is 15.7 Å². The third-order valence-corrected chi connectivity index (χ3v) is 2.73. The van der Waals surface area contributed by atoms with E-state index in [1.165, 1.54) is 0 Å². The second kappa shape index (κ2) is 5.89. The summed E-state index contributed by atoms with van der Waals surface area (Å²) in [5.74, 6) is 0.892. The van der Waals surface area contributed by atoms with Crippen molar-refractivity contribution in [3.05, 3.63) is 41.4 Å². The molecule has 0 unspecified atom stereocenters. The molecule has 74 valence electrons. The van der Waals surface area contributed by atoms with Crippen LogP contribution in [0.25, 0.3) is 0 Å². The number of thioether (sulfide) groups is 1. The van der Waals surface area contributed by atoms with Crippen molar-refractivity contribution in [1.82, 2.24) is 0 Å². The molecule has 1 nitrogen and oxygen atoms in total. The van der Waals surface area contributed by atoms with Gasteiger partial charge in [-0.05, 0) is 37.3 Å². The van der Waals surface area contributed by atoms with Gasteiger partial charge in [-0.15, -0.1) is 11.8 Å². The number of carbonyl (C=O) groups is 1. The lowest BCUT2D eigenvalue weighted by molar-refractivity contribution is -0.112. The van der Waals surface area contributed by atoms with Gasteiger partial charge in [0.25, 0.3) is 0 Å². The minimum absolute atomic E-state index is 0.0849. The maximum atomic E-state index is 10.6. The van der Waals surface area contributed by atoms with Crippen molar-refractivity contribution >= 4 is 29.1 Å². The Kier molecular flexibility index (Phi) is 4.77. The van der Waals surface area contributed by atoms with Crippen LogP contribution in [0.3, 0.4) is 0 Å². The molecule has 0 saturated carbocycles. The molecule has 0 spiro atoms. The van der Waals surface area contributed by atoms with Gasteiger partial charge in [-0.1, -0.05) is 17.7 Å². The Morgan fingerprint density at radius 1 is 1.43 bits per heavy atom. The Labute approximate surface area is 93.2 Å². The molecule has 0 heterocycles. The molecule has 1 rings (SSSR count). The van der Waals surface area contributed by atoms with Crippen molar-refractivity contribution in [2.24, 2.45) is 0 Å². The highest BCUT2D eigenvalue weighted by atomic mass is 35.5. The molecule has 0 aromatic heterocycles. The number of benzene rings is 1. The van der Waals surface area contributed by atoms with E-state index in [1.807, 2.05) is 30.3 Å². The normalized spacial score (nSPS) is 10.7. The van der Waals surface area contributed by atoms with E-state index in [4.69, 9.17) is 11.6 Å². The van der Waals surface area contributed by atoms with Crippen molar-refractivity contribution in [2.45, 2.75) is 11.8 Å². The Hall–Kier alpha value is -0.730. The third kappa shape index (κ3) is 4.49. The van der Waals surface area contributed by atoms with Crippen molar-refractivity contribution in [3.8, 4) is 0 Å². The van der Waals surface area contributed by atoms with Crippen LogP contribution in [0.15, 0.2) is 41.3 Å². The quantitative estimate of drug-likeness (QED) is 0.577. The predicted molar refractivity (Wildman–Crippen MR) is 62.0 cm³/mol. The fourth-order valence-corrected chi connectivity index (χ4v) is 1.73. The lowest BCUT2D eigenvalue weighted by atomic mass is 10.4. The summed E-state index contributed by atoms with van der Waals surface area (Å²) >= 11 is 7.42. The molecule has 0 bridgehead atoms. The number of halogens is 1. The molecule has 0 aliphatic rings. The molecule has 0 aliphatic carbocycles. The molecule has 0 radical (unpaired) electrons. The third-order valence-electron chi connectivity index (χ3n) is 1.51. The molecule has 0 N–H and O–H groups in total. The first-order chi connectivity index (χ1) is 6.68. The number of hydrogen-bond donors (Lipinski definition) is 0. The number of ketones is 1. The van der Waals surface area contributed by atoms with Crippen molar-refractivity contribution < 1.29 is 4.79 Å².